The standard InChI is InChI=1S/C27H26Cl2N3O/c1-31-10-6-18(7-11-31)14-25(33)32-12-8-19(9-13-32)26-24-5-4-22(28)15-20(24)2-3-21-16-23(29)17-30-27(21)26/h4-7,10-11,15-17H,2-3,8-9,12-14H2,1H3/q+1. The van der Waals surface area contributed by atoms with Gasteiger partial charge in [0, 0.05) is 42.0 Å². The third kappa shape index (κ3) is 4.68. The number of aromatic nitrogens is 2. The number of carbonyl (C=O) groups excluding carboxylic acids is 1. The Morgan fingerprint density at radius 2 is 1.67 bits per heavy atom. The van der Waals surface area contributed by atoms with E-state index in [2.05, 4.69) is 12.1 Å². The zero-order valence-corrected chi connectivity index (χ0v) is 20.2. The van der Waals surface area contributed by atoms with Gasteiger partial charge in [0.1, 0.15) is 7.05 Å². The third-order valence-corrected chi connectivity index (χ3v) is 7.09. The minimum Gasteiger partial charge on any atom is -0.342 e. The summed E-state index contributed by atoms with van der Waals surface area (Å²) in [6.45, 7) is 1.45. The zero-order valence-electron chi connectivity index (χ0n) is 18.7. The zero-order chi connectivity index (χ0) is 22.9. The summed E-state index contributed by atoms with van der Waals surface area (Å²) in [6, 6.07) is 12.2. The Labute approximate surface area is 204 Å². The first-order valence-electron chi connectivity index (χ1n) is 11.4. The largest absolute Gasteiger partial charge is 0.342 e. The Bertz CT molecular complexity index is 1190. The van der Waals surface area contributed by atoms with Crippen LogP contribution in [0.5, 0.6) is 0 Å². The van der Waals surface area contributed by atoms with E-state index >= 15 is 0 Å². The molecule has 0 radical (unpaired) electrons. The number of nitrogens with zero attached hydrogens (tertiary/aromatic N) is 3. The molecule has 0 saturated carbocycles. The van der Waals surface area contributed by atoms with Gasteiger partial charge >= 0.3 is 0 Å². The highest BCUT2D eigenvalue weighted by molar-refractivity contribution is 6.31. The molecule has 0 spiro atoms. The van der Waals surface area contributed by atoms with Crippen LogP contribution in [-0.4, -0.2) is 28.9 Å². The van der Waals surface area contributed by atoms with Gasteiger partial charge in [-0.25, -0.2) is 4.57 Å². The van der Waals surface area contributed by atoms with Crippen LogP contribution < -0.4 is 4.57 Å². The van der Waals surface area contributed by atoms with Crippen LogP contribution in [0.3, 0.4) is 0 Å². The van der Waals surface area contributed by atoms with E-state index in [-0.39, 0.29) is 5.91 Å². The minimum atomic E-state index is 0.186. The molecule has 3 heterocycles. The van der Waals surface area contributed by atoms with Crippen molar-refractivity contribution in [2.75, 3.05) is 13.1 Å². The second-order valence-electron chi connectivity index (χ2n) is 8.87. The minimum absolute atomic E-state index is 0.186. The Kier molecular flexibility index (Phi) is 6.22. The number of halogens is 2. The maximum Gasteiger partial charge on any atom is 0.227 e. The second-order valence-corrected chi connectivity index (χ2v) is 9.74. The van der Waals surface area contributed by atoms with E-state index in [1.54, 1.807) is 6.20 Å². The molecule has 0 atom stereocenters. The Hall–Kier alpha value is -2.69. The van der Waals surface area contributed by atoms with Crippen LogP contribution in [0.4, 0.5) is 0 Å². The fraction of sp³-hybridized carbons (Fsp3) is 0.296. The molecule has 0 unspecified atom stereocenters. The molecule has 33 heavy (non-hydrogen) atoms. The van der Waals surface area contributed by atoms with Gasteiger partial charge in [-0.3, -0.25) is 9.78 Å². The molecule has 1 aliphatic heterocycles. The predicted octanol–water partition coefficient (Wildman–Crippen LogP) is 4.98. The number of aryl methyl sites for hydroxylation is 3. The monoisotopic (exact) mass is 478 g/mol. The Balaban J connectivity index is 1.44. The average molecular weight is 479 g/mol. The first kappa shape index (κ1) is 22.1. The van der Waals surface area contributed by atoms with Gasteiger partial charge in [-0.05, 0) is 66.1 Å². The van der Waals surface area contributed by atoms with Crippen LogP contribution in [-0.2, 0) is 31.1 Å². The van der Waals surface area contributed by atoms with Crippen molar-refractivity contribution in [3.63, 3.8) is 0 Å². The van der Waals surface area contributed by atoms with Crippen LogP contribution in [0.25, 0.3) is 5.57 Å². The molecule has 168 valence electrons. The first-order chi connectivity index (χ1) is 16.0. The Morgan fingerprint density at radius 3 is 2.42 bits per heavy atom. The van der Waals surface area contributed by atoms with Gasteiger partial charge in [-0.15, -0.1) is 0 Å². The number of pyridine rings is 2. The lowest BCUT2D eigenvalue weighted by molar-refractivity contribution is -0.671. The van der Waals surface area contributed by atoms with E-state index < -0.39 is 0 Å². The smallest absolute Gasteiger partial charge is 0.227 e. The van der Waals surface area contributed by atoms with Crippen LogP contribution in [0.15, 0.2) is 60.6 Å². The number of carbonyl (C=O) groups is 1. The molecule has 2 aromatic heterocycles. The number of benzene rings is 1. The topological polar surface area (TPSA) is 37.1 Å². The van der Waals surface area contributed by atoms with Crippen LogP contribution in [0, 0.1) is 0 Å². The quantitative estimate of drug-likeness (QED) is 0.487. The lowest BCUT2D eigenvalue weighted by Crippen LogP contribution is -2.37. The van der Waals surface area contributed by atoms with Crippen LogP contribution >= 0.6 is 23.2 Å². The van der Waals surface area contributed by atoms with Crippen LogP contribution in [0.2, 0.25) is 10.0 Å². The first-order valence-corrected chi connectivity index (χ1v) is 12.1. The number of hydrogen-bond donors (Lipinski definition) is 0. The van der Waals surface area contributed by atoms with Crippen molar-refractivity contribution in [3.8, 4) is 0 Å². The molecule has 1 saturated heterocycles. The second kappa shape index (κ2) is 9.28. The summed E-state index contributed by atoms with van der Waals surface area (Å²) in [6.07, 6.45) is 9.61. The maximum absolute atomic E-state index is 12.9. The molecule has 0 N–H and O–H groups in total. The highest BCUT2D eigenvalue weighted by Crippen LogP contribution is 2.39. The highest BCUT2D eigenvalue weighted by atomic mass is 35.5. The number of likely N-dealkylation sites (tertiary alicyclic amines) is 1. The van der Waals surface area contributed by atoms with Gasteiger partial charge < -0.3 is 4.90 Å². The number of fused-ring (bicyclic) bond motifs is 2. The van der Waals surface area contributed by atoms with Crippen molar-refractivity contribution < 1.29 is 9.36 Å². The fourth-order valence-corrected chi connectivity index (χ4v) is 5.25. The van der Waals surface area contributed by atoms with E-state index in [9.17, 15) is 4.79 Å². The lowest BCUT2D eigenvalue weighted by atomic mass is 9.88. The van der Waals surface area contributed by atoms with Crippen molar-refractivity contribution in [2.24, 2.45) is 7.05 Å². The lowest BCUT2D eigenvalue weighted by Gasteiger charge is -2.30. The van der Waals surface area contributed by atoms with Crippen molar-refractivity contribution >= 4 is 34.7 Å². The van der Waals surface area contributed by atoms with E-state index in [0.717, 1.165) is 55.1 Å². The summed E-state index contributed by atoms with van der Waals surface area (Å²) in [5, 5.41) is 1.42. The molecule has 6 heteroatoms. The van der Waals surface area contributed by atoms with E-state index in [1.807, 2.05) is 53.2 Å². The number of amides is 1. The molecule has 0 bridgehead atoms. The predicted molar refractivity (Wildman–Crippen MR) is 131 cm³/mol. The molecule has 1 aromatic carbocycles. The van der Waals surface area contributed by atoms with Gasteiger partial charge in [-0.1, -0.05) is 34.8 Å². The molecular weight excluding hydrogens is 453 g/mol. The van der Waals surface area contributed by atoms with E-state index in [4.69, 9.17) is 28.2 Å². The van der Waals surface area contributed by atoms with Crippen molar-refractivity contribution in [1.82, 2.24) is 9.88 Å². The Morgan fingerprint density at radius 1 is 0.970 bits per heavy atom. The highest BCUT2D eigenvalue weighted by Gasteiger charge is 2.27. The third-order valence-electron chi connectivity index (χ3n) is 6.65. The average Bonchev–Trinajstić information content (AvgIpc) is 2.97. The van der Waals surface area contributed by atoms with Gasteiger partial charge in [-0.2, -0.15) is 0 Å². The van der Waals surface area contributed by atoms with E-state index in [1.165, 1.54) is 27.8 Å². The number of piperidine rings is 1. The van der Waals surface area contributed by atoms with Gasteiger partial charge in [0.05, 0.1) is 17.1 Å². The van der Waals surface area contributed by atoms with Crippen molar-refractivity contribution in [3.05, 3.63) is 98.6 Å². The summed E-state index contributed by atoms with van der Waals surface area (Å²) in [7, 11) is 1.98. The summed E-state index contributed by atoms with van der Waals surface area (Å²) >= 11 is 12.6. The van der Waals surface area contributed by atoms with E-state index in [0.29, 0.717) is 11.4 Å². The van der Waals surface area contributed by atoms with Crippen molar-refractivity contribution in [1.29, 1.82) is 0 Å². The summed E-state index contributed by atoms with van der Waals surface area (Å²) in [4.78, 5) is 19.7. The van der Waals surface area contributed by atoms with Gasteiger partial charge in [0.25, 0.3) is 0 Å². The fourth-order valence-electron chi connectivity index (χ4n) is 4.88. The molecular formula is C27H26Cl2N3O+. The summed E-state index contributed by atoms with van der Waals surface area (Å²) in [5.74, 6) is 0.186. The molecule has 2 aliphatic rings. The molecule has 4 nitrogen and oxygen atoms in total. The number of rotatable bonds is 2. The molecule has 1 fully saturated rings. The number of hydrogen-bond acceptors (Lipinski definition) is 2. The van der Waals surface area contributed by atoms with Gasteiger partial charge in [0.2, 0.25) is 5.91 Å². The molecule has 3 aromatic rings. The summed E-state index contributed by atoms with van der Waals surface area (Å²) in [5.41, 5.74) is 8.25. The van der Waals surface area contributed by atoms with Crippen molar-refractivity contribution in [2.45, 2.75) is 32.1 Å². The SMILES string of the molecule is C[n+]1ccc(CC(=O)N2CCC(=C3c4ccc(Cl)cc4CCc4cc(Cl)cnc43)CC2)cc1. The summed E-state index contributed by atoms with van der Waals surface area (Å²) < 4.78 is 1.98. The molecule has 1 aliphatic carbocycles. The maximum atomic E-state index is 12.9. The molecule has 5 rings (SSSR count). The normalized spacial score (nSPS) is 15.7. The van der Waals surface area contributed by atoms with Crippen LogP contribution in [0.1, 0.15) is 40.8 Å². The van der Waals surface area contributed by atoms with Gasteiger partial charge in [0.15, 0.2) is 12.4 Å². The molecule has 1 amide bonds.